The van der Waals surface area contributed by atoms with E-state index in [0.717, 1.165) is 11.3 Å². The van der Waals surface area contributed by atoms with E-state index in [1.165, 1.54) is 11.3 Å². The molecule has 0 aliphatic heterocycles. The molecule has 0 bridgehead atoms. The van der Waals surface area contributed by atoms with E-state index in [0.29, 0.717) is 4.88 Å². The Morgan fingerprint density at radius 3 is 2.58 bits per heavy atom. The minimum absolute atomic E-state index is 0.184. The van der Waals surface area contributed by atoms with Crippen LogP contribution in [0.1, 0.15) is 15.2 Å². The monoisotopic (exact) mass is 273 g/mol. The average Bonchev–Trinajstić information content (AvgIpc) is 2.93. The van der Waals surface area contributed by atoms with Gasteiger partial charge in [-0.2, -0.15) is 5.10 Å². The second-order valence-corrected chi connectivity index (χ2v) is 5.11. The molecule has 0 fully saturated rings. The molecule has 19 heavy (non-hydrogen) atoms. The summed E-state index contributed by atoms with van der Waals surface area (Å²) in [6.45, 7) is 0. The molecule has 1 aromatic carbocycles. The van der Waals surface area contributed by atoms with E-state index in [1.54, 1.807) is 12.3 Å². The molecular formula is C14H15N3OS. The molecule has 1 N–H and O–H groups in total. The van der Waals surface area contributed by atoms with Gasteiger partial charge in [-0.15, -0.1) is 11.3 Å². The van der Waals surface area contributed by atoms with Gasteiger partial charge in [0.25, 0.3) is 5.91 Å². The molecule has 0 saturated carbocycles. The highest BCUT2D eigenvalue weighted by Crippen LogP contribution is 2.11. The zero-order chi connectivity index (χ0) is 13.7. The maximum absolute atomic E-state index is 11.6. The zero-order valence-electron chi connectivity index (χ0n) is 10.8. The third-order valence-corrected chi connectivity index (χ3v) is 3.40. The number of benzene rings is 1. The van der Waals surface area contributed by atoms with Crippen molar-refractivity contribution >= 4 is 29.1 Å². The van der Waals surface area contributed by atoms with Crippen LogP contribution in [0.4, 0.5) is 5.69 Å². The van der Waals surface area contributed by atoms with Crippen LogP contribution in [0.5, 0.6) is 0 Å². The first-order valence-corrected chi connectivity index (χ1v) is 6.69. The highest BCUT2D eigenvalue weighted by Gasteiger charge is 2.03. The highest BCUT2D eigenvalue weighted by atomic mass is 32.1. The Labute approximate surface area is 116 Å². The molecule has 0 unspecified atom stereocenters. The van der Waals surface area contributed by atoms with Gasteiger partial charge in [-0.1, -0.05) is 18.2 Å². The number of thiophene rings is 1. The summed E-state index contributed by atoms with van der Waals surface area (Å²) in [5, 5.41) is 5.80. The molecule has 0 spiro atoms. The summed E-state index contributed by atoms with van der Waals surface area (Å²) in [6.07, 6.45) is 1.63. The number of amides is 1. The first-order valence-electron chi connectivity index (χ1n) is 5.81. The van der Waals surface area contributed by atoms with Crippen molar-refractivity contribution in [2.24, 2.45) is 5.10 Å². The molecule has 0 radical (unpaired) electrons. The molecule has 0 aliphatic carbocycles. The molecular weight excluding hydrogens is 258 g/mol. The van der Waals surface area contributed by atoms with E-state index in [1.807, 2.05) is 54.7 Å². The highest BCUT2D eigenvalue weighted by molar-refractivity contribution is 7.12. The second kappa shape index (κ2) is 6.15. The molecule has 0 aliphatic rings. The van der Waals surface area contributed by atoms with E-state index >= 15 is 0 Å². The fraction of sp³-hybridized carbons (Fsp3) is 0.143. The Morgan fingerprint density at radius 2 is 2.00 bits per heavy atom. The van der Waals surface area contributed by atoms with Crippen molar-refractivity contribution in [3.63, 3.8) is 0 Å². The second-order valence-electron chi connectivity index (χ2n) is 4.16. The molecule has 1 amide bonds. The Balaban J connectivity index is 1.94. The molecule has 1 heterocycles. The summed E-state index contributed by atoms with van der Waals surface area (Å²) in [5.41, 5.74) is 4.57. The standard InChI is InChI=1S/C14H15N3OS/c1-17(2)12-7-5-11(6-8-12)10-15-16-14(18)13-4-3-9-19-13/h3-10H,1-2H3,(H,16,18). The fourth-order valence-electron chi connectivity index (χ4n) is 1.49. The number of hydrogen-bond donors (Lipinski definition) is 1. The van der Waals surface area contributed by atoms with Crippen molar-refractivity contribution in [2.75, 3.05) is 19.0 Å². The van der Waals surface area contributed by atoms with Crippen LogP contribution in [0.25, 0.3) is 0 Å². The summed E-state index contributed by atoms with van der Waals surface area (Å²) >= 11 is 1.39. The van der Waals surface area contributed by atoms with E-state index in [2.05, 4.69) is 10.5 Å². The van der Waals surface area contributed by atoms with Gasteiger partial charge < -0.3 is 4.90 Å². The van der Waals surface area contributed by atoms with Gasteiger partial charge in [0.15, 0.2) is 0 Å². The van der Waals surface area contributed by atoms with E-state index < -0.39 is 0 Å². The first kappa shape index (κ1) is 13.3. The summed E-state index contributed by atoms with van der Waals surface area (Å²) < 4.78 is 0. The summed E-state index contributed by atoms with van der Waals surface area (Å²) in [4.78, 5) is 14.3. The Bertz CT molecular complexity index is 559. The molecule has 5 heteroatoms. The lowest BCUT2D eigenvalue weighted by atomic mass is 10.2. The van der Waals surface area contributed by atoms with Gasteiger partial charge in [0.2, 0.25) is 0 Å². The molecule has 4 nitrogen and oxygen atoms in total. The van der Waals surface area contributed by atoms with Crippen molar-refractivity contribution in [2.45, 2.75) is 0 Å². The zero-order valence-corrected chi connectivity index (χ0v) is 11.6. The lowest BCUT2D eigenvalue weighted by Gasteiger charge is -2.11. The Morgan fingerprint density at radius 1 is 1.26 bits per heavy atom. The quantitative estimate of drug-likeness (QED) is 0.687. The third-order valence-electron chi connectivity index (χ3n) is 2.53. The molecule has 2 rings (SSSR count). The molecule has 0 saturated heterocycles. The number of anilines is 1. The number of hydrogen-bond acceptors (Lipinski definition) is 4. The van der Waals surface area contributed by atoms with Crippen molar-refractivity contribution < 1.29 is 4.79 Å². The normalized spacial score (nSPS) is 10.6. The number of carbonyl (C=O) groups is 1. The Kier molecular flexibility index (Phi) is 4.30. The third kappa shape index (κ3) is 3.66. The summed E-state index contributed by atoms with van der Waals surface area (Å²) in [5.74, 6) is -0.184. The SMILES string of the molecule is CN(C)c1ccc(C=NNC(=O)c2cccs2)cc1. The van der Waals surface area contributed by atoms with Crippen LogP contribution in [0, 0.1) is 0 Å². The van der Waals surface area contributed by atoms with Crippen molar-refractivity contribution in [3.8, 4) is 0 Å². The van der Waals surface area contributed by atoms with Gasteiger partial charge in [0.1, 0.15) is 0 Å². The minimum Gasteiger partial charge on any atom is -0.378 e. The van der Waals surface area contributed by atoms with Crippen molar-refractivity contribution in [3.05, 3.63) is 52.2 Å². The van der Waals surface area contributed by atoms with Crippen LogP contribution < -0.4 is 10.3 Å². The topological polar surface area (TPSA) is 44.7 Å². The minimum atomic E-state index is -0.184. The number of carbonyl (C=O) groups excluding carboxylic acids is 1. The van der Waals surface area contributed by atoms with E-state index in [-0.39, 0.29) is 5.91 Å². The van der Waals surface area contributed by atoms with Gasteiger partial charge in [-0.3, -0.25) is 4.79 Å². The number of rotatable bonds is 4. The van der Waals surface area contributed by atoms with Gasteiger partial charge in [-0.25, -0.2) is 5.43 Å². The van der Waals surface area contributed by atoms with E-state index in [4.69, 9.17) is 0 Å². The van der Waals surface area contributed by atoms with Crippen LogP contribution in [0.3, 0.4) is 0 Å². The number of nitrogens with zero attached hydrogens (tertiary/aromatic N) is 2. The fourth-order valence-corrected chi connectivity index (χ4v) is 2.10. The van der Waals surface area contributed by atoms with Crippen LogP contribution in [0.15, 0.2) is 46.9 Å². The smallest absolute Gasteiger partial charge is 0.281 e. The van der Waals surface area contributed by atoms with Crippen molar-refractivity contribution in [1.82, 2.24) is 5.43 Å². The predicted molar refractivity (Wildman–Crippen MR) is 80.1 cm³/mol. The molecule has 98 valence electrons. The number of hydrazone groups is 1. The molecule has 2 aromatic rings. The number of nitrogens with one attached hydrogen (secondary N) is 1. The maximum atomic E-state index is 11.6. The summed E-state index contributed by atoms with van der Waals surface area (Å²) in [7, 11) is 3.98. The van der Waals surface area contributed by atoms with Crippen LogP contribution in [0.2, 0.25) is 0 Å². The Hall–Kier alpha value is -2.14. The first-order chi connectivity index (χ1) is 9.16. The maximum Gasteiger partial charge on any atom is 0.281 e. The van der Waals surface area contributed by atoms with Crippen molar-refractivity contribution in [1.29, 1.82) is 0 Å². The van der Waals surface area contributed by atoms with Gasteiger partial charge in [0, 0.05) is 19.8 Å². The van der Waals surface area contributed by atoms with E-state index in [9.17, 15) is 4.79 Å². The van der Waals surface area contributed by atoms with Crippen LogP contribution >= 0.6 is 11.3 Å². The largest absolute Gasteiger partial charge is 0.378 e. The molecule has 1 aromatic heterocycles. The average molecular weight is 273 g/mol. The van der Waals surface area contributed by atoms with Crippen LogP contribution in [-0.2, 0) is 0 Å². The molecule has 0 atom stereocenters. The lowest BCUT2D eigenvalue weighted by Crippen LogP contribution is -2.16. The summed E-state index contributed by atoms with van der Waals surface area (Å²) in [6, 6.07) is 11.5. The van der Waals surface area contributed by atoms with Gasteiger partial charge in [0.05, 0.1) is 11.1 Å². The van der Waals surface area contributed by atoms with Crippen LogP contribution in [-0.4, -0.2) is 26.2 Å². The lowest BCUT2D eigenvalue weighted by molar-refractivity contribution is 0.0959. The van der Waals surface area contributed by atoms with Gasteiger partial charge in [-0.05, 0) is 29.1 Å². The van der Waals surface area contributed by atoms with Gasteiger partial charge >= 0.3 is 0 Å². The predicted octanol–water partition coefficient (Wildman–Crippen LogP) is 2.58.